The number of ether oxygens (including phenoxy) is 1. The minimum absolute atomic E-state index is 0.0202. The molecular weight excluding hydrogens is 270 g/mol. The van der Waals surface area contributed by atoms with Gasteiger partial charge in [0, 0.05) is 12.6 Å². The van der Waals surface area contributed by atoms with Crippen LogP contribution in [-0.4, -0.2) is 42.1 Å². The minimum Gasteiger partial charge on any atom is -0.484 e. The van der Waals surface area contributed by atoms with Crippen LogP contribution in [0.1, 0.15) is 26.7 Å². The van der Waals surface area contributed by atoms with Crippen molar-refractivity contribution in [2.24, 2.45) is 0 Å². The first kappa shape index (κ1) is 15.6. The summed E-state index contributed by atoms with van der Waals surface area (Å²) in [5, 5.41) is 14.6. The average Bonchev–Trinajstić information content (AvgIpc) is 2.81. The van der Waals surface area contributed by atoms with E-state index in [9.17, 15) is 10.1 Å². The van der Waals surface area contributed by atoms with E-state index in [1.165, 1.54) is 6.42 Å². The molecule has 116 valence electrons. The van der Waals surface area contributed by atoms with Crippen LogP contribution in [-0.2, 0) is 0 Å². The van der Waals surface area contributed by atoms with E-state index in [2.05, 4.69) is 17.3 Å². The molecular formula is C15H23N3O3. The van der Waals surface area contributed by atoms with Crippen LogP contribution in [0.25, 0.3) is 0 Å². The summed E-state index contributed by atoms with van der Waals surface area (Å²) in [6.45, 7) is 5.52. The molecule has 6 heteroatoms. The predicted octanol–water partition coefficient (Wildman–Crippen LogP) is 2.89. The lowest BCUT2D eigenvalue weighted by Crippen LogP contribution is -2.31. The van der Waals surface area contributed by atoms with Crippen LogP contribution in [0.2, 0.25) is 0 Å². The highest BCUT2D eigenvalue weighted by Gasteiger charge is 2.24. The van der Waals surface area contributed by atoms with Gasteiger partial charge in [-0.05, 0) is 52.4 Å². The lowest BCUT2D eigenvalue weighted by atomic mass is 10.2. The number of nitro groups is 1. The number of nitro benzene ring substituents is 1. The van der Waals surface area contributed by atoms with Gasteiger partial charge >= 0.3 is 5.69 Å². The Morgan fingerprint density at radius 1 is 1.52 bits per heavy atom. The molecule has 2 rings (SSSR count). The van der Waals surface area contributed by atoms with E-state index in [1.807, 2.05) is 13.8 Å². The molecule has 0 bridgehead atoms. The van der Waals surface area contributed by atoms with Gasteiger partial charge in [0.25, 0.3) is 0 Å². The van der Waals surface area contributed by atoms with Crippen molar-refractivity contribution < 1.29 is 9.66 Å². The predicted molar refractivity (Wildman–Crippen MR) is 83.0 cm³/mol. The van der Waals surface area contributed by atoms with Gasteiger partial charge in [-0.2, -0.15) is 0 Å². The molecule has 1 atom stereocenters. The number of anilines is 1. The van der Waals surface area contributed by atoms with E-state index in [0.29, 0.717) is 24.0 Å². The fourth-order valence-electron chi connectivity index (χ4n) is 2.67. The third-order valence-electron chi connectivity index (χ3n) is 3.74. The molecule has 1 unspecified atom stereocenters. The standard InChI is InChI=1S/C15H23N3O3/c1-11(2)21-14-8-4-7-13(15(14)18(19)20)16-10-12-6-5-9-17(12)3/h4,7-8,11-12,16H,5-6,9-10H2,1-3H3. The topological polar surface area (TPSA) is 67.6 Å². The van der Waals surface area contributed by atoms with Gasteiger partial charge in [-0.1, -0.05) is 6.07 Å². The molecule has 1 aliphatic heterocycles. The molecule has 1 aromatic rings. The van der Waals surface area contributed by atoms with Gasteiger partial charge < -0.3 is 15.0 Å². The number of para-hydroxylation sites is 1. The van der Waals surface area contributed by atoms with Crippen LogP contribution in [0, 0.1) is 10.1 Å². The summed E-state index contributed by atoms with van der Waals surface area (Å²) in [5.41, 5.74) is 0.547. The largest absolute Gasteiger partial charge is 0.484 e. The number of benzene rings is 1. The van der Waals surface area contributed by atoms with Crippen molar-refractivity contribution in [2.75, 3.05) is 25.5 Å². The maximum atomic E-state index is 11.4. The van der Waals surface area contributed by atoms with Crippen molar-refractivity contribution in [3.05, 3.63) is 28.3 Å². The van der Waals surface area contributed by atoms with Crippen LogP contribution in [0.3, 0.4) is 0 Å². The summed E-state index contributed by atoms with van der Waals surface area (Å²) >= 11 is 0. The van der Waals surface area contributed by atoms with Gasteiger partial charge in [0.15, 0.2) is 5.75 Å². The molecule has 1 fully saturated rings. The first-order valence-corrected chi connectivity index (χ1v) is 7.37. The second kappa shape index (κ2) is 6.76. The molecule has 1 saturated heterocycles. The highest BCUT2D eigenvalue weighted by molar-refractivity contribution is 5.68. The smallest absolute Gasteiger partial charge is 0.333 e. The van der Waals surface area contributed by atoms with Crippen molar-refractivity contribution in [3.8, 4) is 5.75 Å². The summed E-state index contributed by atoms with van der Waals surface area (Å²) in [4.78, 5) is 13.3. The zero-order chi connectivity index (χ0) is 15.4. The molecule has 1 N–H and O–H groups in total. The Hall–Kier alpha value is -1.82. The molecule has 1 heterocycles. The van der Waals surface area contributed by atoms with Gasteiger partial charge in [-0.3, -0.25) is 10.1 Å². The number of likely N-dealkylation sites (tertiary alicyclic amines) is 1. The van der Waals surface area contributed by atoms with E-state index < -0.39 is 0 Å². The van der Waals surface area contributed by atoms with E-state index >= 15 is 0 Å². The first-order chi connectivity index (χ1) is 9.99. The second-order valence-electron chi connectivity index (χ2n) is 5.73. The molecule has 0 radical (unpaired) electrons. The lowest BCUT2D eigenvalue weighted by Gasteiger charge is -2.20. The molecule has 0 amide bonds. The van der Waals surface area contributed by atoms with Gasteiger partial charge in [0.2, 0.25) is 0 Å². The molecule has 6 nitrogen and oxygen atoms in total. The van der Waals surface area contributed by atoms with E-state index in [-0.39, 0.29) is 16.7 Å². The third kappa shape index (κ3) is 3.85. The third-order valence-corrected chi connectivity index (χ3v) is 3.74. The maximum Gasteiger partial charge on any atom is 0.333 e. The van der Waals surface area contributed by atoms with Gasteiger partial charge in [-0.25, -0.2) is 0 Å². The Kier molecular flexibility index (Phi) is 5.01. The molecule has 1 aromatic carbocycles. The van der Waals surface area contributed by atoms with Gasteiger partial charge in [0.05, 0.1) is 11.0 Å². The Balaban J connectivity index is 2.16. The van der Waals surface area contributed by atoms with E-state index in [4.69, 9.17) is 4.74 Å². The number of likely N-dealkylation sites (N-methyl/N-ethyl adjacent to an activating group) is 1. The molecule has 0 aromatic heterocycles. The highest BCUT2D eigenvalue weighted by atomic mass is 16.6. The number of hydrogen-bond acceptors (Lipinski definition) is 5. The number of hydrogen-bond donors (Lipinski definition) is 1. The fraction of sp³-hybridized carbons (Fsp3) is 0.600. The van der Waals surface area contributed by atoms with Crippen LogP contribution in [0.15, 0.2) is 18.2 Å². The molecule has 0 saturated carbocycles. The van der Waals surface area contributed by atoms with Gasteiger partial charge in [0.1, 0.15) is 5.69 Å². The van der Waals surface area contributed by atoms with Crippen molar-refractivity contribution in [3.63, 3.8) is 0 Å². The first-order valence-electron chi connectivity index (χ1n) is 7.37. The highest BCUT2D eigenvalue weighted by Crippen LogP contribution is 2.35. The summed E-state index contributed by atoms with van der Waals surface area (Å²) < 4.78 is 5.55. The maximum absolute atomic E-state index is 11.4. The van der Waals surface area contributed by atoms with Gasteiger partial charge in [-0.15, -0.1) is 0 Å². The Morgan fingerprint density at radius 3 is 2.86 bits per heavy atom. The second-order valence-corrected chi connectivity index (χ2v) is 5.73. The minimum atomic E-state index is -0.377. The van der Waals surface area contributed by atoms with Crippen LogP contribution in [0.5, 0.6) is 5.75 Å². The van der Waals surface area contributed by atoms with Crippen molar-refractivity contribution in [1.29, 1.82) is 0 Å². The fourth-order valence-corrected chi connectivity index (χ4v) is 2.67. The molecule has 21 heavy (non-hydrogen) atoms. The van der Waals surface area contributed by atoms with E-state index in [1.54, 1.807) is 18.2 Å². The number of rotatable bonds is 6. The average molecular weight is 293 g/mol. The number of nitrogens with zero attached hydrogens (tertiary/aromatic N) is 2. The zero-order valence-electron chi connectivity index (χ0n) is 12.8. The lowest BCUT2D eigenvalue weighted by molar-refractivity contribution is -0.385. The molecule has 1 aliphatic rings. The Bertz CT molecular complexity index is 505. The zero-order valence-corrected chi connectivity index (χ0v) is 12.8. The van der Waals surface area contributed by atoms with Crippen LogP contribution in [0.4, 0.5) is 11.4 Å². The Morgan fingerprint density at radius 2 is 2.29 bits per heavy atom. The summed E-state index contributed by atoms with van der Waals surface area (Å²) in [6, 6.07) is 5.59. The summed E-state index contributed by atoms with van der Waals surface area (Å²) in [6.07, 6.45) is 2.21. The van der Waals surface area contributed by atoms with Crippen LogP contribution < -0.4 is 10.1 Å². The van der Waals surface area contributed by atoms with E-state index in [0.717, 1.165) is 13.0 Å². The normalized spacial score (nSPS) is 19.0. The SMILES string of the molecule is CC(C)Oc1cccc(NCC2CCCN2C)c1[N+](=O)[O-]. The summed E-state index contributed by atoms with van der Waals surface area (Å²) in [5.74, 6) is 0.319. The quantitative estimate of drug-likeness (QED) is 0.645. The monoisotopic (exact) mass is 293 g/mol. The number of nitrogens with one attached hydrogen (secondary N) is 1. The Labute approximate surface area is 125 Å². The summed E-state index contributed by atoms with van der Waals surface area (Å²) in [7, 11) is 2.09. The van der Waals surface area contributed by atoms with Crippen molar-refractivity contribution in [1.82, 2.24) is 4.90 Å². The van der Waals surface area contributed by atoms with Crippen molar-refractivity contribution >= 4 is 11.4 Å². The molecule has 0 aliphatic carbocycles. The van der Waals surface area contributed by atoms with Crippen molar-refractivity contribution in [2.45, 2.75) is 38.8 Å². The van der Waals surface area contributed by atoms with Crippen LogP contribution >= 0.6 is 0 Å². The molecule has 0 spiro atoms.